The Morgan fingerprint density at radius 3 is 2.50 bits per heavy atom. The first-order chi connectivity index (χ1) is 13.3. The van der Waals surface area contributed by atoms with Gasteiger partial charge in [-0.2, -0.15) is 9.97 Å². The van der Waals surface area contributed by atoms with Gasteiger partial charge in [0, 0.05) is 24.3 Å². The summed E-state index contributed by atoms with van der Waals surface area (Å²) in [5, 5.41) is 3.24. The van der Waals surface area contributed by atoms with Crippen molar-refractivity contribution >= 4 is 22.9 Å². The number of rotatable bonds is 7. The molecule has 0 fully saturated rings. The van der Waals surface area contributed by atoms with Crippen LogP contribution in [-0.4, -0.2) is 43.6 Å². The van der Waals surface area contributed by atoms with Gasteiger partial charge in [-0.25, -0.2) is 4.98 Å². The van der Waals surface area contributed by atoms with Crippen LogP contribution in [0.15, 0.2) is 30.6 Å². The lowest BCUT2D eigenvalue weighted by Crippen LogP contribution is -2.37. The van der Waals surface area contributed by atoms with Gasteiger partial charge in [-0.3, -0.25) is 9.47 Å². The van der Waals surface area contributed by atoms with Gasteiger partial charge in [0.25, 0.3) is 0 Å². The molecule has 2 aromatic heterocycles. The number of nitrogens with zero attached hydrogens (tertiary/aromatic N) is 5. The lowest BCUT2D eigenvalue weighted by Gasteiger charge is -2.31. The first kappa shape index (κ1) is 20.1. The normalized spacial score (nSPS) is 12.1. The zero-order chi connectivity index (χ0) is 20.3. The molecule has 0 bridgehead atoms. The van der Waals surface area contributed by atoms with Crippen LogP contribution < -0.4 is 11.1 Å². The standard InChI is InChI=1S/C21H31N7/c1-6-7-12-23-20-25-18(22)17-19(26-20)28(14-24-17)16-10-8-15(9-11-16)13-27(5)21(2,3)4/h8-11,14H,6-7,12-13H2,1-5H3,(H3,22,23,25,26). The van der Waals surface area contributed by atoms with E-state index in [1.807, 2.05) is 4.57 Å². The number of hydrogen-bond donors (Lipinski definition) is 2. The Kier molecular flexibility index (Phi) is 5.84. The van der Waals surface area contributed by atoms with E-state index in [4.69, 9.17) is 5.73 Å². The molecule has 3 N–H and O–H groups in total. The van der Waals surface area contributed by atoms with Crippen molar-refractivity contribution in [1.82, 2.24) is 24.4 Å². The number of imidazole rings is 1. The quantitative estimate of drug-likeness (QED) is 0.605. The fourth-order valence-electron chi connectivity index (χ4n) is 2.84. The molecule has 1 aromatic carbocycles. The van der Waals surface area contributed by atoms with Gasteiger partial charge < -0.3 is 11.1 Å². The lowest BCUT2D eigenvalue weighted by molar-refractivity contribution is 0.167. The van der Waals surface area contributed by atoms with Crippen molar-refractivity contribution in [3.63, 3.8) is 0 Å². The average molecular weight is 382 g/mol. The Bertz CT molecular complexity index is 922. The predicted molar refractivity (Wildman–Crippen MR) is 116 cm³/mol. The highest BCUT2D eigenvalue weighted by atomic mass is 15.2. The van der Waals surface area contributed by atoms with Crippen molar-refractivity contribution < 1.29 is 0 Å². The molecule has 0 unspecified atom stereocenters. The van der Waals surface area contributed by atoms with E-state index in [-0.39, 0.29) is 5.54 Å². The van der Waals surface area contributed by atoms with Crippen LogP contribution in [0.1, 0.15) is 46.1 Å². The Morgan fingerprint density at radius 2 is 1.86 bits per heavy atom. The summed E-state index contributed by atoms with van der Waals surface area (Å²) in [6, 6.07) is 8.48. The smallest absolute Gasteiger partial charge is 0.226 e. The molecule has 0 aliphatic carbocycles. The van der Waals surface area contributed by atoms with Gasteiger partial charge >= 0.3 is 0 Å². The summed E-state index contributed by atoms with van der Waals surface area (Å²) in [7, 11) is 2.14. The predicted octanol–water partition coefficient (Wildman–Crippen LogP) is 3.84. The van der Waals surface area contributed by atoms with Crippen LogP contribution in [0.25, 0.3) is 16.9 Å². The molecular formula is C21H31N7. The van der Waals surface area contributed by atoms with Crippen LogP contribution in [0.3, 0.4) is 0 Å². The number of nitrogens with two attached hydrogens (primary N) is 1. The van der Waals surface area contributed by atoms with E-state index in [0.717, 1.165) is 31.6 Å². The molecule has 7 heteroatoms. The monoisotopic (exact) mass is 381 g/mol. The number of unbranched alkanes of at least 4 members (excludes halogenated alkanes) is 1. The summed E-state index contributed by atoms with van der Waals surface area (Å²) in [6.45, 7) is 10.5. The number of aromatic nitrogens is 4. The number of anilines is 2. The summed E-state index contributed by atoms with van der Waals surface area (Å²) in [6.07, 6.45) is 3.92. The van der Waals surface area contributed by atoms with Crippen molar-refractivity contribution in [3.8, 4) is 5.69 Å². The third-order valence-corrected chi connectivity index (χ3v) is 5.02. The minimum Gasteiger partial charge on any atom is -0.382 e. The molecule has 28 heavy (non-hydrogen) atoms. The molecule has 0 spiro atoms. The molecule has 3 aromatic rings. The molecule has 0 aliphatic rings. The highest BCUT2D eigenvalue weighted by Gasteiger charge is 2.17. The number of fused-ring (bicyclic) bond motifs is 1. The summed E-state index contributed by atoms with van der Waals surface area (Å²) in [5.74, 6) is 0.940. The van der Waals surface area contributed by atoms with Crippen LogP contribution in [0.4, 0.5) is 11.8 Å². The first-order valence-electron chi connectivity index (χ1n) is 9.84. The molecule has 0 aliphatic heterocycles. The highest BCUT2D eigenvalue weighted by Crippen LogP contribution is 2.22. The molecule has 7 nitrogen and oxygen atoms in total. The fraction of sp³-hybridized carbons (Fsp3) is 0.476. The zero-order valence-corrected chi connectivity index (χ0v) is 17.5. The Hall–Kier alpha value is -2.67. The van der Waals surface area contributed by atoms with Gasteiger partial charge in [0.2, 0.25) is 5.95 Å². The molecular weight excluding hydrogens is 350 g/mol. The van der Waals surface area contributed by atoms with Gasteiger partial charge in [-0.15, -0.1) is 0 Å². The van der Waals surface area contributed by atoms with E-state index in [9.17, 15) is 0 Å². The van der Waals surface area contributed by atoms with Crippen LogP contribution in [0.5, 0.6) is 0 Å². The summed E-state index contributed by atoms with van der Waals surface area (Å²) in [4.78, 5) is 15.7. The third kappa shape index (κ3) is 4.42. The van der Waals surface area contributed by atoms with E-state index in [0.29, 0.717) is 22.9 Å². The second-order valence-corrected chi connectivity index (χ2v) is 8.19. The maximum absolute atomic E-state index is 6.10. The van der Waals surface area contributed by atoms with Gasteiger partial charge in [-0.05, 0) is 51.9 Å². The highest BCUT2D eigenvalue weighted by molar-refractivity contribution is 5.84. The molecule has 0 saturated carbocycles. The van der Waals surface area contributed by atoms with E-state index in [2.05, 4.69) is 84.2 Å². The first-order valence-corrected chi connectivity index (χ1v) is 9.84. The zero-order valence-electron chi connectivity index (χ0n) is 17.5. The van der Waals surface area contributed by atoms with E-state index < -0.39 is 0 Å². The fourth-order valence-corrected chi connectivity index (χ4v) is 2.84. The molecule has 0 atom stereocenters. The van der Waals surface area contributed by atoms with Crippen molar-refractivity contribution in [3.05, 3.63) is 36.2 Å². The van der Waals surface area contributed by atoms with Gasteiger partial charge in [0.1, 0.15) is 6.33 Å². The van der Waals surface area contributed by atoms with Gasteiger partial charge in [0.15, 0.2) is 17.0 Å². The van der Waals surface area contributed by atoms with Crippen molar-refractivity contribution in [2.45, 2.75) is 52.6 Å². The van der Waals surface area contributed by atoms with E-state index in [1.165, 1.54) is 5.56 Å². The van der Waals surface area contributed by atoms with E-state index >= 15 is 0 Å². The number of nitrogens with one attached hydrogen (secondary N) is 1. The minimum atomic E-state index is 0.134. The van der Waals surface area contributed by atoms with Gasteiger partial charge in [0.05, 0.1) is 0 Å². The summed E-state index contributed by atoms with van der Waals surface area (Å²) >= 11 is 0. The molecule has 150 valence electrons. The Morgan fingerprint density at radius 1 is 1.14 bits per heavy atom. The number of benzene rings is 1. The largest absolute Gasteiger partial charge is 0.382 e. The van der Waals surface area contributed by atoms with Crippen molar-refractivity contribution in [2.24, 2.45) is 0 Å². The summed E-state index contributed by atoms with van der Waals surface area (Å²) in [5.41, 5.74) is 9.84. The number of hydrogen-bond acceptors (Lipinski definition) is 6. The third-order valence-electron chi connectivity index (χ3n) is 5.02. The second kappa shape index (κ2) is 8.14. The molecule has 0 saturated heterocycles. The van der Waals surface area contributed by atoms with E-state index in [1.54, 1.807) is 6.33 Å². The molecule has 0 radical (unpaired) electrons. The van der Waals surface area contributed by atoms with Crippen LogP contribution in [0, 0.1) is 0 Å². The van der Waals surface area contributed by atoms with Crippen LogP contribution in [-0.2, 0) is 6.54 Å². The van der Waals surface area contributed by atoms with Crippen LogP contribution in [0.2, 0.25) is 0 Å². The maximum atomic E-state index is 6.10. The minimum absolute atomic E-state index is 0.134. The summed E-state index contributed by atoms with van der Waals surface area (Å²) < 4.78 is 1.95. The van der Waals surface area contributed by atoms with Crippen molar-refractivity contribution in [2.75, 3.05) is 24.6 Å². The average Bonchev–Trinajstić information content (AvgIpc) is 3.06. The number of nitrogen functional groups attached to an aromatic ring is 1. The lowest BCUT2D eigenvalue weighted by atomic mass is 10.1. The second-order valence-electron chi connectivity index (χ2n) is 8.19. The molecule has 3 rings (SSSR count). The topological polar surface area (TPSA) is 84.9 Å². The van der Waals surface area contributed by atoms with Crippen molar-refractivity contribution in [1.29, 1.82) is 0 Å². The van der Waals surface area contributed by atoms with Crippen LogP contribution >= 0.6 is 0 Å². The Balaban J connectivity index is 1.86. The van der Waals surface area contributed by atoms with Gasteiger partial charge in [-0.1, -0.05) is 25.5 Å². The molecule has 2 heterocycles. The molecule has 0 amide bonds. The Labute approximate surface area is 167 Å². The maximum Gasteiger partial charge on any atom is 0.226 e. The SMILES string of the molecule is CCCCNc1nc(N)c2ncn(-c3ccc(CN(C)C(C)(C)C)cc3)c2n1.